The van der Waals surface area contributed by atoms with Crippen LogP contribution in [0.4, 0.5) is 10.5 Å². The highest BCUT2D eigenvalue weighted by molar-refractivity contribution is 9.10. The van der Waals surface area contributed by atoms with Crippen molar-refractivity contribution in [1.29, 1.82) is 0 Å². The van der Waals surface area contributed by atoms with Crippen molar-refractivity contribution in [2.45, 2.75) is 64.4 Å². The van der Waals surface area contributed by atoms with E-state index in [0.717, 1.165) is 28.2 Å². The van der Waals surface area contributed by atoms with Crippen molar-refractivity contribution < 1.29 is 23.9 Å². The summed E-state index contributed by atoms with van der Waals surface area (Å²) in [5.74, 6) is 2.06. The van der Waals surface area contributed by atoms with Crippen molar-refractivity contribution >= 4 is 45.5 Å². The molecule has 1 heterocycles. The molecule has 0 atom stereocenters. The number of barbiturate groups is 1. The monoisotopic (exact) mass is 668 g/mol. The standard InChI is InChI=1S/C37H37BrN2O5/c1-3-44-32-16-27(31(38)17-33(32)45-21-23-6-4-22(2)5-7-23)15-30-34(41)39-36(43)40(35(30)42)29-10-8-28(9-11-29)37-18-24-12-25(19-37)14-26(13-24)20-37/h4-11,15-17,24-26H,3,12-14,18-21H2,1-2H3,(H,39,41,43)/b30-15+. The zero-order valence-corrected chi connectivity index (χ0v) is 27.2. The molecule has 0 aromatic heterocycles. The summed E-state index contributed by atoms with van der Waals surface area (Å²) in [5.41, 5.74) is 4.55. The molecule has 5 aliphatic rings. The number of aryl methyl sites for hydroxylation is 1. The van der Waals surface area contributed by atoms with Crippen molar-refractivity contribution in [2.75, 3.05) is 11.5 Å². The lowest BCUT2D eigenvalue weighted by Crippen LogP contribution is -2.54. The summed E-state index contributed by atoms with van der Waals surface area (Å²) in [6, 6.07) is 18.7. The Morgan fingerprint density at radius 2 is 1.51 bits per heavy atom. The Hall–Kier alpha value is -3.91. The van der Waals surface area contributed by atoms with Crippen LogP contribution in [0.1, 0.15) is 67.7 Å². The molecule has 8 heteroatoms. The Labute approximate surface area is 272 Å². The van der Waals surface area contributed by atoms with E-state index < -0.39 is 17.8 Å². The van der Waals surface area contributed by atoms with Crippen LogP contribution in [-0.2, 0) is 21.6 Å². The maximum absolute atomic E-state index is 13.7. The molecule has 7 nitrogen and oxygen atoms in total. The van der Waals surface area contributed by atoms with Crippen molar-refractivity contribution in [1.82, 2.24) is 5.32 Å². The van der Waals surface area contributed by atoms with E-state index in [1.165, 1.54) is 55.7 Å². The van der Waals surface area contributed by atoms with Crippen LogP contribution >= 0.6 is 15.9 Å². The number of halogens is 1. The number of hydrogen-bond acceptors (Lipinski definition) is 5. The first-order valence-corrected chi connectivity index (χ1v) is 16.7. The van der Waals surface area contributed by atoms with Crippen LogP contribution in [0.5, 0.6) is 11.5 Å². The molecule has 3 aromatic rings. The zero-order chi connectivity index (χ0) is 31.3. The minimum Gasteiger partial charge on any atom is -0.490 e. The molecule has 3 aromatic carbocycles. The number of nitrogens with zero attached hydrogens (tertiary/aromatic N) is 1. The van der Waals surface area contributed by atoms with Crippen LogP contribution in [0.2, 0.25) is 0 Å². The summed E-state index contributed by atoms with van der Waals surface area (Å²) in [7, 11) is 0. The molecule has 0 spiro atoms. The largest absolute Gasteiger partial charge is 0.490 e. The number of benzene rings is 3. The number of hydrogen-bond donors (Lipinski definition) is 1. The first kappa shape index (κ1) is 29.8. The van der Waals surface area contributed by atoms with Gasteiger partial charge in [-0.2, -0.15) is 0 Å². The van der Waals surface area contributed by atoms with Gasteiger partial charge in [0.15, 0.2) is 11.5 Å². The van der Waals surface area contributed by atoms with Crippen LogP contribution in [0.15, 0.2) is 70.7 Å². The Bertz CT molecular complexity index is 1660. The van der Waals surface area contributed by atoms with E-state index in [4.69, 9.17) is 9.47 Å². The number of urea groups is 1. The van der Waals surface area contributed by atoms with Gasteiger partial charge in [0.05, 0.1) is 12.3 Å². The first-order chi connectivity index (χ1) is 21.7. The Morgan fingerprint density at radius 1 is 0.889 bits per heavy atom. The van der Waals surface area contributed by atoms with Crippen LogP contribution in [0.3, 0.4) is 0 Å². The van der Waals surface area contributed by atoms with Crippen molar-refractivity contribution in [2.24, 2.45) is 17.8 Å². The molecule has 4 amide bonds. The molecule has 232 valence electrons. The van der Waals surface area contributed by atoms with Gasteiger partial charge in [0.25, 0.3) is 11.8 Å². The van der Waals surface area contributed by atoms with Gasteiger partial charge in [0.1, 0.15) is 12.2 Å². The Balaban J connectivity index is 1.14. The predicted molar refractivity (Wildman–Crippen MR) is 176 cm³/mol. The maximum Gasteiger partial charge on any atom is 0.335 e. The van der Waals surface area contributed by atoms with E-state index in [2.05, 4.69) is 33.4 Å². The van der Waals surface area contributed by atoms with Crippen molar-refractivity contribution in [3.05, 3.63) is 93.0 Å². The molecule has 0 radical (unpaired) electrons. The van der Waals surface area contributed by atoms with Gasteiger partial charge in [0, 0.05) is 4.47 Å². The summed E-state index contributed by atoms with van der Waals surface area (Å²) in [6.45, 7) is 4.67. The van der Waals surface area contributed by atoms with Crippen molar-refractivity contribution in [3.63, 3.8) is 0 Å². The first-order valence-electron chi connectivity index (χ1n) is 15.9. The maximum atomic E-state index is 13.7. The molecule has 4 saturated carbocycles. The van der Waals surface area contributed by atoms with Gasteiger partial charge >= 0.3 is 6.03 Å². The van der Waals surface area contributed by atoms with Gasteiger partial charge < -0.3 is 9.47 Å². The highest BCUT2D eigenvalue weighted by Gasteiger charge is 2.51. The van der Waals surface area contributed by atoms with E-state index in [1.807, 2.05) is 50.2 Å². The molecule has 1 saturated heterocycles. The fraction of sp³-hybridized carbons (Fsp3) is 0.378. The third-order valence-electron chi connectivity index (χ3n) is 10.1. The van der Waals surface area contributed by atoms with Crippen molar-refractivity contribution in [3.8, 4) is 11.5 Å². The van der Waals surface area contributed by atoms with Crippen LogP contribution < -0.4 is 19.7 Å². The van der Waals surface area contributed by atoms with E-state index >= 15 is 0 Å². The lowest BCUT2D eigenvalue weighted by atomic mass is 9.48. The van der Waals surface area contributed by atoms with Gasteiger partial charge in [-0.15, -0.1) is 0 Å². The summed E-state index contributed by atoms with van der Waals surface area (Å²) in [5, 5.41) is 2.35. The molecule has 5 fully saturated rings. The molecule has 1 N–H and O–H groups in total. The Kier molecular flexibility index (Phi) is 7.80. The number of carbonyl (C=O) groups is 3. The topological polar surface area (TPSA) is 84.9 Å². The highest BCUT2D eigenvalue weighted by Crippen LogP contribution is 2.60. The predicted octanol–water partition coefficient (Wildman–Crippen LogP) is 7.87. The smallest absolute Gasteiger partial charge is 0.335 e. The van der Waals surface area contributed by atoms with Gasteiger partial charge in [0.2, 0.25) is 0 Å². The summed E-state index contributed by atoms with van der Waals surface area (Å²) in [6.07, 6.45) is 9.29. The SMILES string of the molecule is CCOc1cc(/C=C2\C(=O)NC(=O)N(c3ccc(C45CC6CC(CC(C6)C4)C5)cc3)C2=O)c(Br)cc1OCc1ccc(C)cc1. The van der Waals surface area contributed by atoms with E-state index in [1.54, 1.807) is 12.1 Å². The summed E-state index contributed by atoms with van der Waals surface area (Å²) < 4.78 is 12.6. The van der Waals surface area contributed by atoms with E-state index in [9.17, 15) is 14.4 Å². The number of anilines is 1. The molecule has 45 heavy (non-hydrogen) atoms. The minimum absolute atomic E-state index is 0.142. The summed E-state index contributed by atoms with van der Waals surface area (Å²) >= 11 is 3.58. The third-order valence-corrected chi connectivity index (χ3v) is 10.7. The van der Waals surface area contributed by atoms with Crippen LogP contribution in [0.25, 0.3) is 6.08 Å². The number of carbonyl (C=O) groups excluding carboxylic acids is 3. The van der Waals surface area contributed by atoms with Gasteiger partial charge in [-0.05, 0) is 123 Å². The van der Waals surface area contributed by atoms with Gasteiger partial charge in [-0.1, -0.05) is 57.9 Å². The molecule has 4 bridgehead atoms. The number of amides is 4. The Morgan fingerprint density at radius 3 is 2.13 bits per heavy atom. The van der Waals surface area contributed by atoms with Crippen LogP contribution in [-0.4, -0.2) is 24.5 Å². The zero-order valence-electron chi connectivity index (χ0n) is 25.6. The molecule has 0 unspecified atom stereocenters. The quantitative estimate of drug-likeness (QED) is 0.195. The fourth-order valence-corrected chi connectivity index (χ4v) is 8.80. The number of rotatable bonds is 8. The van der Waals surface area contributed by atoms with Gasteiger partial charge in [-0.3, -0.25) is 14.9 Å². The number of nitrogens with one attached hydrogen (secondary N) is 1. The molecule has 8 rings (SSSR count). The van der Waals surface area contributed by atoms with Gasteiger partial charge in [-0.25, -0.2) is 9.69 Å². The normalized spacial score (nSPS) is 26.4. The lowest BCUT2D eigenvalue weighted by Gasteiger charge is -2.57. The summed E-state index contributed by atoms with van der Waals surface area (Å²) in [4.78, 5) is 40.7. The van der Waals surface area contributed by atoms with Crippen LogP contribution in [0, 0.1) is 24.7 Å². The number of ether oxygens (including phenoxy) is 2. The average molecular weight is 670 g/mol. The van der Waals surface area contributed by atoms with E-state index in [-0.39, 0.29) is 11.0 Å². The second kappa shape index (κ2) is 11.8. The fourth-order valence-electron chi connectivity index (χ4n) is 8.36. The molecular formula is C37H37BrN2O5. The lowest BCUT2D eigenvalue weighted by molar-refractivity contribution is -0.122. The molecule has 1 aliphatic heterocycles. The molecular weight excluding hydrogens is 632 g/mol. The average Bonchev–Trinajstić information content (AvgIpc) is 3.00. The van der Waals surface area contributed by atoms with E-state index in [0.29, 0.717) is 40.4 Å². The third kappa shape index (κ3) is 5.69. The minimum atomic E-state index is -0.751. The second-order valence-corrected chi connectivity index (χ2v) is 14.1. The second-order valence-electron chi connectivity index (χ2n) is 13.2. The highest BCUT2D eigenvalue weighted by atomic mass is 79.9. The molecule has 4 aliphatic carbocycles. The number of imide groups is 2.